The molecule has 0 aliphatic rings. The van der Waals surface area contributed by atoms with Crippen molar-refractivity contribution in [2.45, 2.75) is 19.9 Å². The van der Waals surface area contributed by atoms with Crippen LogP contribution in [0, 0.1) is 6.92 Å². The Balaban J connectivity index is 1.91. The molecule has 0 aliphatic carbocycles. The Morgan fingerprint density at radius 1 is 1.07 bits per heavy atom. The Kier molecular flexibility index (Phi) is 5.86. The summed E-state index contributed by atoms with van der Waals surface area (Å²) in [5.41, 5.74) is 4.86. The molecule has 1 aromatic heterocycles. The highest BCUT2D eigenvalue weighted by atomic mass is 32.2. The summed E-state index contributed by atoms with van der Waals surface area (Å²) in [6.45, 7) is 2.56. The maximum atomic E-state index is 11.6. The summed E-state index contributed by atoms with van der Waals surface area (Å²) < 4.78 is 34.2. The van der Waals surface area contributed by atoms with E-state index in [0.717, 1.165) is 28.4 Å². The van der Waals surface area contributed by atoms with Crippen LogP contribution >= 0.6 is 0 Å². The number of carbonyl (C=O) groups excluding carboxylic acids is 1. The zero-order chi connectivity index (χ0) is 20.3. The second-order valence-corrected chi connectivity index (χ2v) is 8.27. The lowest BCUT2D eigenvalue weighted by Gasteiger charge is -2.09. The van der Waals surface area contributed by atoms with Gasteiger partial charge in [0.15, 0.2) is 0 Å². The third kappa shape index (κ3) is 4.43. The predicted octanol–water partition coefficient (Wildman–Crippen LogP) is 3.30. The Bertz CT molecular complexity index is 1100. The molecule has 0 unspecified atom stereocenters. The van der Waals surface area contributed by atoms with Gasteiger partial charge in [-0.25, -0.2) is 4.79 Å². The van der Waals surface area contributed by atoms with Gasteiger partial charge in [-0.3, -0.25) is 4.18 Å². The first-order valence-electron chi connectivity index (χ1n) is 8.88. The quantitative estimate of drug-likeness (QED) is 0.449. The number of nitrogens with zero attached hydrogens (tertiary/aromatic N) is 1. The molecule has 3 rings (SSSR count). The largest absolute Gasteiger partial charge is 0.465 e. The molecule has 7 heteroatoms. The molecule has 148 valence electrons. The smallest absolute Gasteiger partial charge is 0.337 e. The molecular formula is C21H23NO5S. The van der Waals surface area contributed by atoms with Gasteiger partial charge in [0.1, 0.15) is 0 Å². The van der Waals surface area contributed by atoms with Crippen molar-refractivity contribution in [3.63, 3.8) is 0 Å². The van der Waals surface area contributed by atoms with Gasteiger partial charge in [-0.2, -0.15) is 8.42 Å². The number of hydrogen-bond acceptors (Lipinski definition) is 5. The van der Waals surface area contributed by atoms with E-state index in [0.29, 0.717) is 18.5 Å². The number of fused-ring (bicyclic) bond motifs is 1. The van der Waals surface area contributed by atoms with Crippen molar-refractivity contribution in [3.8, 4) is 0 Å². The van der Waals surface area contributed by atoms with E-state index in [2.05, 4.69) is 10.6 Å². The Labute approximate surface area is 164 Å². The molecule has 3 aromatic rings. The van der Waals surface area contributed by atoms with E-state index in [1.165, 1.54) is 12.7 Å². The second-order valence-electron chi connectivity index (χ2n) is 6.62. The molecular weight excluding hydrogens is 378 g/mol. The van der Waals surface area contributed by atoms with Crippen molar-refractivity contribution in [2.75, 3.05) is 20.0 Å². The van der Waals surface area contributed by atoms with Crippen LogP contribution in [0.3, 0.4) is 0 Å². The van der Waals surface area contributed by atoms with Crippen LogP contribution < -0.4 is 0 Å². The number of ether oxygens (including phenoxy) is 1. The molecule has 2 aromatic carbocycles. The van der Waals surface area contributed by atoms with Crippen LogP contribution in [0.4, 0.5) is 0 Å². The van der Waals surface area contributed by atoms with E-state index in [1.807, 2.05) is 37.3 Å². The van der Waals surface area contributed by atoms with Gasteiger partial charge in [-0.1, -0.05) is 30.3 Å². The molecule has 0 saturated heterocycles. The van der Waals surface area contributed by atoms with Crippen molar-refractivity contribution in [1.29, 1.82) is 0 Å². The minimum Gasteiger partial charge on any atom is -0.465 e. The SMILES string of the molecule is COC(=O)c1ccc(Cc2c(C)n(CCOS(C)(=O)=O)c3ccccc23)cc1. The molecule has 0 saturated carbocycles. The number of aromatic nitrogens is 1. The zero-order valence-electron chi connectivity index (χ0n) is 16.1. The Morgan fingerprint density at radius 3 is 2.39 bits per heavy atom. The van der Waals surface area contributed by atoms with E-state index < -0.39 is 10.1 Å². The van der Waals surface area contributed by atoms with E-state index >= 15 is 0 Å². The summed E-state index contributed by atoms with van der Waals surface area (Å²) in [5.74, 6) is -0.356. The zero-order valence-corrected chi connectivity index (χ0v) is 17.0. The molecule has 0 amide bonds. The van der Waals surface area contributed by atoms with Crippen LogP contribution in [0.15, 0.2) is 48.5 Å². The predicted molar refractivity (Wildman–Crippen MR) is 108 cm³/mol. The lowest BCUT2D eigenvalue weighted by molar-refractivity contribution is 0.0600. The third-order valence-electron chi connectivity index (χ3n) is 4.73. The number of carbonyl (C=O) groups is 1. The highest BCUT2D eigenvalue weighted by molar-refractivity contribution is 7.85. The molecule has 6 nitrogen and oxygen atoms in total. The van der Waals surface area contributed by atoms with Crippen molar-refractivity contribution >= 4 is 27.0 Å². The fraction of sp³-hybridized carbons (Fsp3) is 0.286. The number of methoxy groups -OCH3 is 1. The first-order valence-corrected chi connectivity index (χ1v) is 10.7. The van der Waals surface area contributed by atoms with Gasteiger partial charge in [0.05, 0.1) is 25.5 Å². The van der Waals surface area contributed by atoms with Crippen molar-refractivity contribution in [2.24, 2.45) is 0 Å². The van der Waals surface area contributed by atoms with Gasteiger partial charge in [-0.15, -0.1) is 0 Å². The number of para-hydroxylation sites is 1. The molecule has 0 N–H and O–H groups in total. The minimum absolute atomic E-state index is 0.0889. The standard InChI is InChI=1S/C21H23NO5S/c1-15-19(14-16-8-10-17(11-9-16)21(23)26-2)18-6-4-5-7-20(18)22(15)12-13-27-28(3,24)25/h4-11H,12-14H2,1-3H3. The summed E-state index contributed by atoms with van der Waals surface area (Å²) in [5, 5.41) is 1.12. The highest BCUT2D eigenvalue weighted by Crippen LogP contribution is 2.28. The molecule has 0 bridgehead atoms. The second kappa shape index (κ2) is 8.16. The molecule has 28 heavy (non-hydrogen) atoms. The lowest BCUT2D eigenvalue weighted by atomic mass is 10.0. The fourth-order valence-electron chi connectivity index (χ4n) is 3.37. The number of hydrogen-bond donors (Lipinski definition) is 0. The van der Waals surface area contributed by atoms with Gasteiger partial charge in [0.2, 0.25) is 0 Å². The molecule has 0 atom stereocenters. The van der Waals surface area contributed by atoms with Crippen LogP contribution in [0.1, 0.15) is 27.2 Å². The average Bonchev–Trinajstić information content (AvgIpc) is 2.93. The van der Waals surface area contributed by atoms with Gasteiger partial charge < -0.3 is 9.30 Å². The summed E-state index contributed by atoms with van der Waals surface area (Å²) in [7, 11) is -2.10. The maximum absolute atomic E-state index is 11.6. The first-order chi connectivity index (χ1) is 13.3. The third-order valence-corrected chi connectivity index (χ3v) is 5.32. The van der Waals surface area contributed by atoms with Crippen LogP contribution in [0.5, 0.6) is 0 Å². The molecule has 0 spiro atoms. The van der Waals surface area contributed by atoms with Crippen LogP contribution in [0.2, 0.25) is 0 Å². The molecule has 0 aliphatic heterocycles. The van der Waals surface area contributed by atoms with E-state index in [4.69, 9.17) is 8.92 Å². The van der Waals surface area contributed by atoms with E-state index in [9.17, 15) is 13.2 Å². The summed E-state index contributed by atoms with van der Waals surface area (Å²) in [4.78, 5) is 11.6. The topological polar surface area (TPSA) is 74.6 Å². The van der Waals surface area contributed by atoms with E-state index in [1.54, 1.807) is 12.1 Å². The number of rotatable bonds is 7. The van der Waals surface area contributed by atoms with Gasteiger partial charge in [-0.05, 0) is 42.7 Å². The van der Waals surface area contributed by atoms with Gasteiger partial charge >= 0.3 is 5.97 Å². The van der Waals surface area contributed by atoms with E-state index in [-0.39, 0.29) is 12.6 Å². The summed E-state index contributed by atoms with van der Waals surface area (Å²) >= 11 is 0. The lowest BCUT2D eigenvalue weighted by Crippen LogP contribution is -2.11. The maximum Gasteiger partial charge on any atom is 0.337 e. The number of benzene rings is 2. The van der Waals surface area contributed by atoms with Crippen molar-refractivity contribution in [1.82, 2.24) is 4.57 Å². The first kappa shape index (κ1) is 20.1. The number of esters is 1. The van der Waals surface area contributed by atoms with Crippen LogP contribution in [-0.4, -0.2) is 38.9 Å². The average molecular weight is 401 g/mol. The Hall–Kier alpha value is -2.64. The van der Waals surface area contributed by atoms with Crippen molar-refractivity contribution in [3.05, 3.63) is 70.9 Å². The summed E-state index contributed by atoms with van der Waals surface area (Å²) in [6, 6.07) is 15.4. The van der Waals surface area contributed by atoms with Crippen molar-refractivity contribution < 1.29 is 22.1 Å². The van der Waals surface area contributed by atoms with Crippen LogP contribution in [0.25, 0.3) is 10.9 Å². The molecule has 0 fully saturated rings. The fourth-order valence-corrected chi connectivity index (χ4v) is 3.75. The Morgan fingerprint density at radius 2 is 1.75 bits per heavy atom. The summed E-state index contributed by atoms with van der Waals surface area (Å²) in [6.07, 6.45) is 1.75. The molecule has 0 radical (unpaired) electrons. The molecule has 1 heterocycles. The minimum atomic E-state index is -3.47. The van der Waals surface area contributed by atoms with Gasteiger partial charge in [0.25, 0.3) is 10.1 Å². The highest BCUT2D eigenvalue weighted by Gasteiger charge is 2.15. The normalized spacial score (nSPS) is 11.7. The monoisotopic (exact) mass is 401 g/mol. The van der Waals surface area contributed by atoms with Gasteiger partial charge in [0, 0.05) is 23.1 Å². The van der Waals surface area contributed by atoms with Crippen LogP contribution in [-0.2, 0) is 32.0 Å².